The second-order valence-electron chi connectivity index (χ2n) is 8.26. The van der Waals surface area contributed by atoms with E-state index >= 15 is 4.39 Å². The Morgan fingerprint density at radius 1 is 1.09 bits per heavy atom. The van der Waals surface area contributed by atoms with Crippen LogP contribution in [-0.4, -0.2) is 46.3 Å². The van der Waals surface area contributed by atoms with Crippen molar-refractivity contribution in [3.63, 3.8) is 0 Å². The van der Waals surface area contributed by atoms with Crippen molar-refractivity contribution in [3.8, 4) is 0 Å². The van der Waals surface area contributed by atoms with Gasteiger partial charge in [-0.2, -0.15) is 13.2 Å². The summed E-state index contributed by atoms with van der Waals surface area (Å²) in [5.74, 6) is -6.23. The summed E-state index contributed by atoms with van der Waals surface area (Å²) >= 11 is 0. The Morgan fingerprint density at radius 3 is 2.17 bits per heavy atom. The van der Waals surface area contributed by atoms with Gasteiger partial charge >= 0.3 is 6.18 Å². The van der Waals surface area contributed by atoms with E-state index in [1.165, 1.54) is 35.4 Å². The molecular formula is C22H17F7N2O3S. The molecule has 0 radical (unpaired) electrons. The van der Waals surface area contributed by atoms with Gasteiger partial charge in [-0.1, -0.05) is 24.3 Å². The molecule has 0 saturated carbocycles. The summed E-state index contributed by atoms with van der Waals surface area (Å²) in [4.78, 5) is 17.8. The van der Waals surface area contributed by atoms with Gasteiger partial charge in [-0.05, 0) is 29.3 Å². The molecule has 188 valence electrons. The molecule has 1 saturated heterocycles. The second-order valence-corrected chi connectivity index (χ2v) is 9.69. The highest BCUT2D eigenvalue weighted by Crippen LogP contribution is 2.48. The van der Waals surface area contributed by atoms with Gasteiger partial charge < -0.3 is 4.90 Å². The van der Waals surface area contributed by atoms with Crippen molar-refractivity contribution in [1.29, 1.82) is 0 Å². The monoisotopic (exact) mass is 522 g/mol. The number of hydrogen-bond acceptors (Lipinski definition) is 4. The maximum absolute atomic E-state index is 15.1. The molecule has 2 aliphatic rings. The van der Waals surface area contributed by atoms with Gasteiger partial charge in [0.2, 0.25) is 11.5 Å². The zero-order valence-electron chi connectivity index (χ0n) is 17.9. The normalized spacial score (nSPS) is 22.3. The Kier molecular flexibility index (Phi) is 6.20. The van der Waals surface area contributed by atoms with Gasteiger partial charge in [0.25, 0.3) is 0 Å². The minimum absolute atomic E-state index is 0.139. The number of carbonyl (C=O) groups is 1. The summed E-state index contributed by atoms with van der Waals surface area (Å²) in [5, 5.41) is 0. The van der Waals surface area contributed by atoms with Crippen molar-refractivity contribution in [2.24, 2.45) is 0 Å². The zero-order chi connectivity index (χ0) is 25.8. The Morgan fingerprint density at radius 2 is 1.66 bits per heavy atom. The Balaban J connectivity index is 1.59. The molecule has 4 rings (SSSR count). The minimum Gasteiger partial charge on any atom is -0.335 e. The number of amides is 1. The maximum Gasteiger partial charge on any atom is 0.428 e. The van der Waals surface area contributed by atoms with Crippen LogP contribution in [0.3, 0.4) is 0 Å². The van der Waals surface area contributed by atoms with Gasteiger partial charge in [-0.25, -0.2) is 17.6 Å². The zero-order valence-corrected chi connectivity index (χ0v) is 18.7. The number of likely N-dealkylation sites (tertiary alicyclic amines) is 1. The number of nitrogens with one attached hydrogen (secondary N) is 1. The van der Waals surface area contributed by atoms with E-state index in [0.717, 1.165) is 0 Å². The predicted octanol–water partition coefficient (Wildman–Crippen LogP) is 3.82. The molecule has 2 heterocycles. The number of hydroxylamine groups is 1. The van der Waals surface area contributed by atoms with E-state index in [2.05, 4.69) is 5.48 Å². The Hall–Kier alpha value is -2.93. The molecule has 35 heavy (non-hydrogen) atoms. The first kappa shape index (κ1) is 25.2. The quantitative estimate of drug-likeness (QED) is 0.479. The summed E-state index contributed by atoms with van der Waals surface area (Å²) in [6, 6.07) is 5.65. The molecule has 13 heteroatoms. The highest BCUT2D eigenvalue weighted by molar-refractivity contribution is 7.85. The Bertz CT molecular complexity index is 1200. The lowest BCUT2D eigenvalue weighted by Crippen LogP contribution is -2.59. The van der Waals surface area contributed by atoms with Crippen LogP contribution in [0.5, 0.6) is 0 Å². The third-order valence-electron chi connectivity index (χ3n) is 5.78. The number of benzene rings is 2. The van der Waals surface area contributed by atoms with Crippen LogP contribution in [-0.2, 0) is 31.7 Å². The number of hydrogen-bond donors (Lipinski definition) is 1. The molecule has 2 aromatic rings. The third kappa shape index (κ3) is 4.42. The van der Waals surface area contributed by atoms with Crippen LogP contribution in [0.25, 0.3) is 5.70 Å². The molecule has 0 aliphatic carbocycles. The molecule has 0 spiro atoms. The lowest BCUT2D eigenvalue weighted by Gasteiger charge is -2.44. The molecule has 2 atom stereocenters. The number of carbonyl (C=O) groups excluding carboxylic acids is 1. The van der Waals surface area contributed by atoms with Crippen LogP contribution < -0.4 is 5.48 Å². The van der Waals surface area contributed by atoms with Gasteiger partial charge in [-0.15, -0.1) is 0 Å². The number of rotatable bonds is 5. The third-order valence-corrected chi connectivity index (χ3v) is 6.43. The van der Waals surface area contributed by atoms with Gasteiger partial charge in [0, 0.05) is 22.6 Å². The van der Waals surface area contributed by atoms with E-state index in [-0.39, 0.29) is 47.8 Å². The molecule has 1 fully saturated rings. The van der Waals surface area contributed by atoms with Gasteiger partial charge in [0.15, 0.2) is 23.1 Å². The molecule has 5 nitrogen and oxygen atoms in total. The summed E-state index contributed by atoms with van der Waals surface area (Å²) in [6.07, 6.45) is -3.29. The summed E-state index contributed by atoms with van der Waals surface area (Å²) in [5.41, 5.74) is -4.04. The highest BCUT2D eigenvalue weighted by atomic mass is 32.2. The van der Waals surface area contributed by atoms with Crippen LogP contribution in [0.15, 0.2) is 42.5 Å². The van der Waals surface area contributed by atoms with Crippen LogP contribution in [0.1, 0.15) is 16.7 Å². The first-order valence-corrected chi connectivity index (χ1v) is 11.7. The Labute approximate surface area is 197 Å². The summed E-state index contributed by atoms with van der Waals surface area (Å²) in [7, 11) is -1.37. The van der Waals surface area contributed by atoms with E-state index in [1.807, 2.05) is 0 Å². The van der Waals surface area contributed by atoms with Crippen LogP contribution in [0, 0.1) is 17.5 Å². The van der Waals surface area contributed by atoms with Crippen LogP contribution >= 0.6 is 0 Å². The average molecular weight is 522 g/mol. The molecular weight excluding hydrogens is 505 g/mol. The maximum atomic E-state index is 15.1. The second kappa shape index (κ2) is 8.63. The van der Waals surface area contributed by atoms with E-state index in [0.29, 0.717) is 6.08 Å². The number of nitrogens with zero attached hydrogens (tertiary/aromatic N) is 1. The first-order valence-electron chi connectivity index (χ1n) is 10.0. The highest BCUT2D eigenvalue weighted by Gasteiger charge is 2.60. The first-order chi connectivity index (χ1) is 16.3. The molecule has 0 aromatic heterocycles. The minimum atomic E-state index is -5.19. The standard InChI is InChI=1S/C22H17F7N2O3S/c1-35(33)9-18(32)31-10-20(26,11-31)13-4-2-12(3-5-13)17-8-21(34-30-17,22(27,28)29)14-6-15(23)19(25)16(24)7-14/h2-8,30H,9-11H2,1H3. The number of alkyl halides is 4. The molecule has 0 bridgehead atoms. The van der Waals surface area contributed by atoms with Gasteiger partial charge in [0.1, 0.15) is 5.75 Å². The molecule has 2 aliphatic heterocycles. The summed E-state index contributed by atoms with van der Waals surface area (Å²) in [6.45, 7) is -0.517. The molecule has 1 amide bonds. The summed E-state index contributed by atoms with van der Waals surface area (Å²) < 4.78 is 109. The van der Waals surface area contributed by atoms with Gasteiger partial charge in [-0.3, -0.25) is 19.3 Å². The van der Waals surface area contributed by atoms with E-state index in [9.17, 15) is 35.3 Å². The SMILES string of the molecule is CS(=O)CC(=O)N1CC(F)(c2ccc(C3=CC(c4cc(F)c(F)c(F)c4)(C(F)(F)F)ON3)cc2)C1. The van der Waals surface area contributed by atoms with Crippen molar-refractivity contribution in [2.45, 2.75) is 17.4 Å². The number of halogens is 7. The predicted molar refractivity (Wildman–Crippen MR) is 111 cm³/mol. The largest absolute Gasteiger partial charge is 0.428 e. The van der Waals surface area contributed by atoms with E-state index < -0.39 is 57.2 Å². The molecule has 1 N–H and O–H groups in total. The van der Waals surface area contributed by atoms with Crippen molar-refractivity contribution in [3.05, 3.63) is 76.6 Å². The van der Waals surface area contributed by atoms with Crippen molar-refractivity contribution in [1.82, 2.24) is 10.4 Å². The lowest BCUT2D eigenvalue weighted by atomic mass is 9.87. The van der Waals surface area contributed by atoms with Crippen molar-refractivity contribution >= 4 is 22.4 Å². The van der Waals surface area contributed by atoms with Crippen molar-refractivity contribution < 1.29 is 44.6 Å². The fourth-order valence-electron chi connectivity index (χ4n) is 3.89. The average Bonchev–Trinajstić information content (AvgIpc) is 3.21. The van der Waals surface area contributed by atoms with E-state index in [1.54, 1.807) is 0 Å². The van der Waals surface area contributed by atoms with Crippen LogP contribution in [0.2, 0.25) is 0 Å². The fourth-order valence-corrected chi connectivity index (χ4v) is 4.42. The molecule has 2 unspecified atom stereocenters. The smallest absolute Gasteiger partial charge is 0.335 e. The van der Waals surface area contributed by atoms with Crippen molar-refractivity contribution in [2.75, 3.05) is 25.1 Å². The fraction of sp³-hybridized carbons (Fsp3) is 0.318. The van der Waals surface area contributed by atoms with E-state index in [4.69, 9.17) is 4.84 Å². The molecule has 2 aromatic carbocycles. The van der Waals surface area contributed by atoms with Gasteiger partial charge in [0.05, 0.1) is 18.8 Å². The lowest BCUT2D eigenvalue weighted by molar-refractivity contribution is -0.269. The topological polar surface area (TPSA) is 58.6 Å². The van der Waals surface area contributed by atoms with Crippen LogP contribution in [0.4, 0.5) is 30.7 Å².